The van der Waals surface area contributed by atoms with Gasteiger partial charge in [0.25, 0.3) is 0 Å². The van der Waals surface area contributed by atoms with E-state index >= 15 is 0 Å². The van der Waals surface area contributed by atoms with Gasteiger partial charge >= 0.3 is 6.09 Å². The van der Waals surface area contributed by atoms with Crippen LogP contribution in [0.1, 0.15) is 90.0 Å². The van der Waals surface area contributed by atoms with Gasteiger partial charge in [-0.3, -0.25) is 9.59 Å². The monoisotopic (exact) mass is 505 g/mol. The van der Waals surface area contributed by atoms with Crippen LogP contribution in [0.2, 0.25) is 0 Å². The standard InChI is InChI=1S/C28H47N3O5/c1-9-10-11-14-29-25(33)24(22-18-20(4)12-13-21(22)5)31(15-16-32)26(34)23(17-19(2)3)30-27(35)36-28(6,7)8/h12-13,18-19,23-24,32H,9-11,14-17H2,1-8H3,(H,29,33)(H,30,35). The summed E-state index contributed by atoms with van der Waals surface area (Å²) in [6.07, 6.45) is 2.52. The number of hydrogen-bond donors (Lipinski definition) is 3. The van der Waals surface area contributed by atoms with E-state index in [-0.39, 0.29) is 25.0 Å². The third kappa shape index (κ3) is 10.6. The van der Waals surface area contributed by atoms with Crippen LogP contribution in [0.3, 0.4) is 0 Å². The highest BCUT2D eigenvalue weighted by molar-refractivity contribution is 5.92. The van der Waals surface area contributed by atoms with Crippen molar-refractivity contribution in [1.29, 1.82) is 0 Å². The fourth-order valence-corrected chi connectivity index (χ4v) is 4.01. The minimum absolute atomic E-state index is 0.0517. The molecule has 0 aromatic heterocycles. The summed E-state index contributed by atoms with van der Waals surface area (Å²) in [6, 6.07) is 3.93. The molecule has 3 N–H and O–H groups in total. The van der Waals surface area contributed by atoms with Crippen molar-refractivity contribution in [2.24, 2.45) is 5.92 Å². The number of unbranched alkanes of at least 4 members (excludes halogenated alkanes) is 2. The number of rotatable bonds is 13. The number of aliphatic hydroxyl groups is 1. The molecule has 0 fully saturated rings. The zero-order valence-electron chi connectivity index (χ0n) is 23.4. The Balaban J connectivity index is 3.43. The Hall–Kier alpha value is -2.61. The molecule has 0 aliphatic heterocycles. The van der Waals surface area contributed by atoms with Crippen LogP contribution in [0.25, 0.3) is 0 Å². The average Bonchev–Trinajstić information content (AvgIpc) is 2.76. The number of ether oxygens (including phenoxy) is 1. The van der Waals surface area contributed by atoms with Gasteiger partial charge in [0.2, 0.25) is 11.8 Å². The third-order valence-corrected chi connectivity index (χ3v) is 5.69. The molecular formula is C28H47N3O5. The SMILES string of the molecule is CCCCCNC(=O)C(c1cc(C)ccc1C)N(CCO)C(=O)C(CC(C)C)NC(=O)OC(C)(C)C. The fraction of sp³-hybridized carbons (Fsp3) is 0.679. The second-order valence-corrected chi connectivity index (χ2v) is 10.8. The molecule has 0 radical (unpaired) electrons. The summed E-state index contributed by atoms with van der Waals surface area (Å²) in [5, 5.41) is 15.6. The number of amides is 3. The Morgan fingerprint density at radius 3 is 2.33 bits per heavy atom. The van der Waals surface area contributed by atoms with Crippen LogP contribution in [0.15, 0.2) is 18.2 Å². The minimum Gasteiger partial charge on any atom is -0.444 e. The normalized spacial score (nSPS) is 13.2. The van der Waals surface area contributed by atoms with Gasteiger partial charge in [-0.2, -0.15) is 0 Å². The highest BCUT2D eigenvalue weighted by Crippen LogP contribution is 2.27. The van der Waals surface area contributed by atoms with E-state index < -0.39 is 29.7 Å². The molecule has 0 spiro atoms. The first kappa shape index (κ1) is 31.4. The molecule has 1 rings (SSSR count). The first-order valence-corrected chi connectivity index (χ1v) is 13.1. The zero-order chi connectivity index (χ0) is 27.5. The molecule has 0 aliphatic rings. The molecule has 0 heterocycles. The lowest BCUT2D eigenvalue weighted by molar-refractivity contribution is -0.143. The van der Waals surface area contributed by atoms with Gasteiger partial charge in [0.15, 0.2) is 0 Å². The molecular weight excluding hydrogens is 458 g/mol. The van der Waals surface area contributed by atoms with Crippen LogP contribution in [-0.2, 0) is 14.3 Å². The Kier molecular flexibility index (Phi) is 12.9. The number of hydrogen-bond acceptors (Lipinski definition) is 5. The van der Waals surface area contributed by atoms with Gasteiger partial charge in [0.1, 0.15) is 17.7 Å². The second-order valence-electron chi connectivity index (χ2n) is 10.8. The highest BCUT2D eigenvalue weighted by atomic mass is 16.6. The van der Waals surface area contributed by atoms with Gasteiger partial charge < -0.3 is 25.4 Å². The number of aryl methyl sites for hydroxylation is 2. The first-order valence-electron chi connectivity index (χ1n) is 13.1. The molecule has 0 bridgehead atoms. The molecule has 2 atom stereocenters. The number of aliphatic hydroxyl groups excluding tert-OH is 1. The van der Waals surface area contributed by atoms with Crippen molar-refractivity contribution < 1.29 is 24.2 Å². The molecule has 36 heavy (non-hydrogen) atoms. The van der Waals surface area contributed by atoms with Gasteiger partial charge in [-0.1, -0.05) is 57.4 Å². The predicted molar refractivity (Wildman–Crippen MR) is 143 cm³/mol. The number of benzene rings is 1. The average molecular weight is 506 g/mol. The molecule has 1 aromatic rings. The van der Waals surface area contributed by atoms with E-state index in [1.807, 2.05) is 45.9 Å². The maximum atomic E-state index is 13.9. The topological polar surface area (TPSA) is 108 Å². The van der Waals surface area contributed by atoms with Crippen molar-refractivity contribution >= 4 is 17.9 Å². The molecule has 0 saturated carbocycles. The van der Waals surface area contributed by atoms with E-state index in [0.717, 1.165) is 30.4 Å². The van der Waals surface area contributed by atoms with Crippen molar-refractivity contribution in [1.82, 2.24) is 15.5 Å². The van der Waals surface area contributed by atoms with Gasteiger partial charge in [0.05, 0.1) is 6.61 Å². The summed E-state index contributed by atoms with van der Waals surface area (Å²) >= 11 is 0. The van der Waals surface area contributed by atoms with E-state index in [1.165, 1.54) is 4.90 Å². The van der Waals surface area contributed by atoms with E-state index in [1.54, 1.807) is 20.8 Å². The second kappa shape index (κ2) is 14.8. The van der Waals surface area contributed by atoms with E-state index in [0.29, 0.717) is 18.5 Å². The van der Waals surface area contributed by atoms with Crippen LogP contribution >= 0.6 is 0 Å². The van der Waals surface area contributed by atoms with Crippen molar-refractivity contribution in [2.45, 2.75) is 98.8 Å². The Morgan fingerprint density at radius 1 is 1.11 bits per heavy atom. The van der Waals surface area contributed by atoms with Crippen molar-refractivity contribution in [3.05, 3.63) is 34.9 Å². The number of nitrogens with zero attached hydrogens (tertiary/aromatic N) is 1. The number of nitrogens with one attached hydrogen (secondary N) is 2. The maximum Gasteiger partial charge on any atom is 0.408 e. The Morgan fingerprint density at radius 2 is 1.78 bits per heavy atom. The van der Waals surface area contributed by atoms with Gasteiger partial charge in [0, 0.05) is 13.1 Å². The molecule has 0 aliphatic carbocycles. The van der Waals surface area contributed by atoms with Crippen LogP contribution in [-0.4, -0.2) is 59.3 Å². The summed E-state index contributed by atoms with van der Waals surface area (Å²) in [4.78, 5) is 41.4. The fourth-order valence-electron chi connectivity index (χ4n) is 4.01. The van der Waals surface area contributed by atoms with Crippen LogP contribution in [0.5, 0.6) is 0 Å². The largest absolute Gasteiger partial charge is 0.444 e. The summed E-state index contributed by atoms with van der Waals surface area (Å²) in [7, 11) is 0. The molecule has 8 heteroatoms. The summed E-state index contributed by atoms with van der Waals surface area (Å²) < 4.78 is 5.39. The molecule has 0 saturated heterocycles. The predicted octanol–water partition coefficient (Wildman–Crippen LogP) is 4.41. The highest BCUT2D eigenvalue weighted by Gasteiger charge is 2.37. The summed E-state index contributed by atoms with van der Waals surface area (Å²) in [5.74, 6) is -0.646. The van der Waals surface area contributed by atoms with Crippen molar-refractivity contribution in [2.75, 3.05) is 19.7 Å². The first-order chi connectivity index (χ1) is 16.8. The molecule has 1 aromatic carbocycles. The van der Waals surface area contributed by atoms with Crippen LogP contribution in [0, 0.1) is 19.8 Å². The quantitative estimate of drug-likeness (QED) is 0.344. The van der Waals surface area contributed by atoms with Crippen molar-refractivity contribution in [3.8, 4) is 0 Å². The smallest absolute Gasteiger partial charge is 0.408 e. The number of carbonyl (C=O) groups is 3. The number of carbonyl (C=O) groups excluding carboxylic acids is 3. The third-order valence-electron chi connectivity index (χ3n) is 5.69. The van der Waals surface area contributed by atoms with E-state index in [9.17, 15) is 19.5 Å². The van der Waals surface area contributed by atoms with Gasteiger partial charge in [-0.25, -0.2) is 4.79 Å². The lowest BCUT2D eigenvalue weighted by atomic mass is 9.95. The zero-order valence-corrected chi connectivity index (χ0v) is 23.4. The molecule has 204 valence electrons. The van der Waals surface area contributed by atoms with Crippen LogP contribution < -0.4 is 10.6 Å². The van der Waals surface area contributed by atoms with Gasteiger partial charge in [-0.05, 0) is 64.5 Å². The Bertz CT molecular complexity index is 863. The lowest BCUT2D eigenvalue weighted by Gasteiger charge is -2.35. The lowest BCUT2D eigenvalue weighted by Crippen LogP contribution is -2.54. The minimum atomic E-state index is -0.943. The molecule has 2 unspecified atom stereocenters. The van der Waals surface area contributed by atoms with E-state index in [4.69, 9.17) is 4.74 Å². The Labute approximate surface area is 217 Å². The maximum absolute atomic E-state index is 13.9. The number of alkyl carbamates (subject to hydrolysis) is 1. The van der Waals surface area contributed by atoms with Gasteiger partial charge in [-0.15, -0.1) is 0 Å². The van der Waals surface area contributed by atoms with E-state index in [2.05, 4.69) is 17.6 Å². The summed E-state index contributed by atoms with van der Waals surface area (Å²) in [6.45, 7) is 15.2. The van der Waals surface area contributed by atoms with Crippen molar-refractivity contribution in [3.63, 3.8) is 0 Å². The molecule has 3 amide bonds. The summed E-state index contributed by atoms with van der Waals surface area (Å²) in [5.41, 5.74) is 1.80. The molecule has 8 nitrogen and oxygen atoms in total. The van der Waals surface area contributed by atoms with Crippen LogP contribution in [0.4, 0.5) is 4.79 Å².